The number of benzene rings is 2. The minimum atomic E-state index is -3.72. The van der Waals surface area contributed by atoms with Crippen molar-refractivity contribution in [3.8, 4) is 0 Å². The highest BCUT2D eigenvalue weighted by Crippen LogP contribution is 2.26. The molecule has 5 nitrogen and oxygen atoms in total. The van der Waals surface area contributed by atoms with Gasteiger partial charge in [0.25, 0.3) is 10.0 Å². The van der Waals surface area contributed by atoms with Crippen molar-refractivity contribution < 1.29 is 8.42 Å². The summed E-state index contributed by atoms with van der Waals surface area (Å²) >= 11 is 15.3. The van der Waals surface area contributed by atoms with Crippen molar-refractivity contribution in [2.24, 2.45) is 0 Å². The van der Waals surface area contributed by atoms with Gasteiger partial charge in [-0.2, -0.15) is 5.10 Å². The summed E-state index contributed by atoms with van der Waals surface area (Å²) in [5.41, 5.74) is 1.87. The Balaban J connectivity index is 1.81. The summed E-state index contributed by atoms with van der Waals surface area (Å²) in [4.78, 5) is 0.175. The molecular formula is C17H14BrCl2N3O2S. The van der Waals surface area contributed by atoms with Gasteiger partial charge in [-0.3, -0.25) is 9.40 Å². The van der Waals surface area contributed by atoms with E-state index in [1.165, 1.54) is 0 Å². The summed E-state index contributed by atoms with van der Waals surface area (Å²) in [6.45, 7) is 2.31. The number of rotatable bonds is 5. The maximum atomic E-state index is 12.5. The fraction of sp³-hybridized carbons (Fsp3) is 0.118. The molecule has 0 aliphatic rings. The van der Waals surface area contributed by atoms with E-state index < -0.39 is 10.0 Å². The topological polar surface area (TPSA) is 64.0 Å². The van der Waals surface area contributed by atoms with Gasteiger partial charge in [-0.15, -0.1) is 0 Å². The molecule has 0 atom stereocenters. The van der Waals surface area contributed by atoms with E-state index in [4.69, 9.17) is 23.2 Å². The van der Waals surface area contributed by atoms with Crippen molar-refractivity contribution in [3.63, 3.8) is 0 Å². The molecule has 9 heteroatoms. The van der Waals surface area contributed by atoms with E-state index in [1.54, 1.807) is 47.3 Å². The third kappa shape index (κ3) is 4.40. The summed E-state index contributed by atoms with van der Waals surface area (Å²) < 4.78 is 29.6. The van der Waals surface area contributed by atoms with E-state index in [1.807, 2.05) is 13.0 Å². The number of anilines is 1. The molecule has 0 fully saturated rings. The molecule has 1 heterocycles. The van der Waals surface area contributed by atoms with Crippen LogP contribution in [0, 0.1) is 6.92 Å². The molecule has 0 aliphatic heterocycles. The molecule has 3 aromatic rings. The quantitative estimate of drug-likeness (QED) is 0.558. The Kier molecular flexibility index (Phi) is 5.62. The largest absolute Gasteiger partial charge is 0.265 e. The molecule has 136 valence electrons. The molecule has 0 aliphatic carbocycles. The van der Waals surface area contributed by atoms with Crippen LogP contribution >= 0.6 is 39.1 Å². The van der Waals surface area contributed by atoms with E-state index in [2.05, 4.69) is 25.8 Å². The van der Waals surface area contributed by atoms with Crippen molar-refractivity contribution in [1.82, 2.24) is 9.78 Å². The molecule has 26 heavy (non-hydrogen) atoms. The Hall–Kier alpha value is -1.54. The molecule has 0 spiro atoms. The van der Waals surface area contributed by atoms with Crippen molar-refractivity contribution in [2.75, 3.05) is 4.72 Å². The lowest BCUT2D eigenvalue weighted by Crippen LogP contribution is -2.14. The number of sulfonamides is 1. The van der Waals surface area contributed by atoms with Crippen molar-refractivity contribution >= 4 is 55.0 Å². The average molecular weight is 475 g/mol. The first kappa shape index (κ1) is 19.2. The van der Waals surface area contributed by atoms with E-state index >= 15 is 0 Å². The highest BCUT2D eigenvalue weighted by molar-refractivity contribution is 9.10. The predicted octanol–water partition coefficient (Wildman–Crippen LogP) is 5.11. The highest BCUT2D eigenvalue weighted by atomic mass is 79.9. The van der Waals surface area contributed by atoms with Crippen LogP contribution in [0.5, 0.6) is 0 Å². The lowest BCUT2D eigenvalue weighted by atomic mass is 10.2. The van der Waals surface area contributed by atoms with Crippen LogP contribution in [0.4, 0.5) is 5.82 Å². The summed E-state index contributed by atoms with van der Waals surface area (Å²) in [7, 11) is -3.72. The molecule has 1 aromatic heterocycles. The maximum Gasteiger partial charge on any atom is 0.263 e. The van der Waals surface area contributed by atoms with Gasteiger partial charge >= 0.3 is 0 Å². The van der Waals surface area contributed by atoms with Crippen LogP contribution in [-0.2, 0) is 16.6 Å². The molecule has 0 radical (unpaired) electrons. The van der Waals surface area contributed by atoms with Crippen LogP contribution in [0.25, 0.3) is 0 Å². The summed E-state index contributed by atoms with van der Waals surface area (Å²) in [5, 5.41) is 5.22. The van der Waals surface area contributed by atoms with E-state index in [9.17, 15) is 8.42 Å². The molecule has 1 N–H and O–H groups in total. The van der Waals surface area contributed by atoms with Gasteiger partial charge in [0.15, 0.2) is 5.82 Å². The highest BCUT2D eigenvalue weighted by Gasteiger charge is 2.18. The average Bonchev–Trinajstić information content (AvgIpc) is 2.90. The first-order valence-electron chi connectivity index (χ1n) is 7.51. The van der Waals surface area contributed by atoms with Gasteiger partial charge in [-0.1, -0.05) is 47.0 Å². The van der Waals surface area contributed by atoms with Crippen LogP contribution in [0.15, 0.2) is 58.0 Å². The second-order valence-corrected chi connectivity index (χ2v) is 9.04. The van der Waals surface area contributed by atoms with Gasteiger partial charge < -0.3 is 0 Å². The predicted molar refractivity (Wildman–Crippen MR) is 107 cm³/mol. The minimum absolute atomic E-state index is 0.175. The van der Waals surface area contributed by atoms with Crippen molar-refractivity contribution in [3.05, 3.63) is 74.3 Å². The molecule has 0 unspecified atom stereocenters. The minimum Gasteiger partial charge on any atom is -0.265 e. The number of hydrogen-bond acceptors (Lipinski definition) is 3. The number of nitrogens with zero attached hydrogens (tertiary/aromatic N) is 2. The van der Waals surface area contributed by atoms with Crippen LogP contribution in [0.3, 0.4) is 0 Å². The third-order valence-corrected chi connectivity index (χ3v) is 6.28. The monoisotopic (exact) mass is 473 g/mol. The molecule has 3 rings (SSSR count). The molecular weight excluding hydrogens is 461 g/mol. The Morgan fingerprint density at radius 2 is 1.81 bits per heavy atom. The fourth-order valence-corrected chi connectivity index (χ4v) is 4.16. The SMILES string of the molecule is Cc1ccc(S(=O)(=O)Nc2nn(Cc3ccc(Cl)c(Cl)c3)cc2Br)cc1. The normalized spacial score (nSPS) is 11.5. The standard InChI is InChI=1S/C17H14BrCl2N3O2S/c1-11-2-5-13(6-3-11)26(24,25)22-17-14(18)10-23(21-17)9-12-4-7-15(19)16(20)8-12/h2-8,10H,9H2,1H3,(H,21,22). The van der Waals surface area contributed by atoms with Gasteiger partial charge in [0.2, 0.25) is 0 Å². The van der Waals surface area contributed by atoms with Gasteiger partial charge in [-0.25, -0.2) is 8.42 Å². The summed E-state index contributed by atoms with van der Waals surface area (Å²) in [6, 6.07) is 11.9. The molecule has 0 amide bonds. The number of nitrogens with one attached hydrogen (secondary N) is 1. The number of hydrogen-bond donors (Lipinski definition) is 1. The van der Waals surface area contributed by atoms with Gasteiger partial charge in [0, 0.05) is 6.20 Å². The second-order valence-electron chi connectivity index (χ2n) is 5.69. The van der Waals surface area contributed by atoms with Crippen LogP contribution in [-0.4, -0.2) is 18.2 Å². The third-order valence-electron chi connectivity index (χ3n) is 3.61. The van der Waals surface area contributed by atoms with Gasteiger partial charge in [-0.05, 0) is 52.7 Å². The zero-order chi connectivity index (χ0) is 18.9. The zero-order valence-corrected chi connectivity index (χ0v) is 17.5. The van der Waals surface area contributed by atoms with Crippen LogP contribution < -0.4 is 4.72 Å². The molecule has 2 aromatic carbocycles. The van der Waals surface area contributed by atoms with Crippen molar-refractivity contribution in [2.45, 2.75) is 18.4 Å². The second kappa shape index (κ2) is 7.60. The Morgan fingerprint density at radius 3 is 2.46 bits per heavy atom. The molecule has 0 bridgehead atoms. The van der Waals surface area contributed by atoms with E-state index in [-0.39, 0.29) is 10.7 Å². The summed E-state index contributed by atoms with van der Waals surface area (Å²) in [6.07, 6.45) is 1.69. The zero-order valence-electron chi connectivity index (χ0n) is 13.6. The first-order chi connectivity index (χ1) is 12.2. The Labute approximate surface area is 170 Å². The van der Waals surface area contributed by atoms with E-state index in [0.717, 1.165) is 11.1 Å². The molecule has 0 saturated heterocycles. The number of aryl methyl sites for hydroxylation is 1. The first-order valence-corrected chi connectivity index (χ1v) is 10.5. The lowest BCUT2D eigenvalue weighted by Gasteiger charge is -2.06. The Morgan fingerprint density at radius 1 is 1.12 bits per heavy atom. The van der Waals surface area contributed by atoms with Crippen LogP contribution in [0.2, 0.25) is 10.0 Å². The van der Waals surface area contributed by atoms with E-state index in [0.29, 0.717) is 21.1 Å². The van der Waals surface area contributed by atoms with Gasteiger partial charge in [0.1, 0.15) is 0 Å². The van der Waals surface area contributed by atoms with Gasteiger partial charge in [0.05, 0.1) is 26.0 Å². The van der Waals surface area contributed by atoms with Crippen LogP contribution in [0.1, 0.15) is 11.1 Å². The molecule has 0 saturated carbocycles. The number of aromatic nitrogens is 2. The maximum absolute atomic E-state index is 12.5. The lowest BCUT2D eigenvalue weighted by molar-refractivity contribution is 0.600. The smallest absolute Gasteiger partial charge is 0.263 e. The summed E-state index contributed by atoms with van der Waals surface area (Å²) in [5.74, 6) is 0.214. The number of halogens is 3. The fourth-order valence-electron chi connectivity index (χ4n) is 2.28. The Bertz CT molecular complexity index is 1050. The van der Waals surface area contributed by atoms with Crippen molar-refractivity contribution in [1.29, 1.82) is 0 Å².